The summed E-state index contributed by atoms with van der Waals surface area (Å²) in [6.07, 6.45) is 2.72. The Bertz CT molecular complexity index is 642. The van der Waals surface area contributed by atoms with Crippen molar-refractivity contribution in [2.24, 2.45) is 4.99 Å². The topological polar surface area (TPSA) is 52.6 Å². The van der Waals surface area contributed by atoms with Crippen LogP contribution < -0.4 is 10.6 Å². The largest absolute Gasteiger partial charge is 0.357 e. The van der Waals surface area contributed by atoms with Crippen molar-refractivity contribution in [3.8, 4) is 0 Å². The molecule has 1 heterocycles. The Morgan fingerprint density at radius 1 is 1.12 bits per heavy atom. The number of guanidine groups is 1. The molecule has 0 saturated carbocycles. The standard InChI is InChI=1S/C21H31N5/c1-4-22-21(24-15-13-20-12-8-9-14-23-20)25-16-18(2)26(3)17-19-10-6-5-7-11-19/h5-12,14,18H,4,13,15-17H2,1-3H3,(H2,22,24,25). The number of nitrogens with one attached hydrogen (secondary N) is 2. The van der Waals surface area contributed by atoms with Gasteiger partial charge in [0.2, 0.25) is 0 Å². The van der Waals surface area contributed by atoms with Crippen LogP contribution in [0.15, 0.2) is 59.7 Å². The number of pyridine rings is 1. The van der Waals surface area contributed by atoms with Gasteiger partial charge < -0.3 is 10.6 Å². The molecular formula is C21H31N5. The van der Waals surface area contributed by atoms with E-state index >= 15 is 0 Å². The highest BCUT2D eigenvalue weighted by atomic mass is 15.2. The van der Waals surface area contributed by atoms with Gasteiger partial charge in [-0.25, -0.2) is 0 Å². The zero-order chi connectivity index (χ0) is 18.6. The van der Waals surface area contributed by atoms with Gasteiger partial charge in [-0.1, -0.05) is 36.4 Å². The van der Waals surface area contributed by atoms with Crippen molar-refractivity contribution in [2.45, 2.75) is 32.9 Å². The zero-order valence-corrected chi connectivity index (χ0v) is 16.2. The maximum absolute atomic E-state index is 4.74. The molecule has 1 unspecified atom stereocenters. The molecule has 140 valence electrons. The highest BCUT2D eigenvalue weighted by molar-refractivity contribution is 5.79. The maximum atomic E-state index is 4.74. The number of benzene rings is 1. The van der Waals surface area contributed by atoms with Gasteiger partial charge in [-0.05, 0) is 38.6 Å². The SMILES string of the molecule is CCNC(=NCC(C)N(C)Cc1ccccc1)NCCc1ccccn1. The Morgan fingerprint density at radius 2 is 1.88 bits per heavy atom. The molecule has 26 heavy (non-hydrogen) atoms. The highest BCUT2D eigenvalue weighted by Crippen LogP contribution is 2.06. The number of likely N-dealkylation sites (N-methyl/N-ethyl adjacent to an activating group) is 1. The van der Waals surface area contributed by atoms with Crippen molar-refractivity contribution in [1.29, 1.82) is 0 Å². The van der Waals surface area contributed by atoms with Crippen molar-refractivity contribution in [2.75, 3.05) is 26.7 Å². The van der Waals surface area contributed by atoms with Crippen LogP contribution in [0, 0.1) is 0 Å². The van der Waals surface area contributed by atoms with E-state index < -0.39 is 0 Å². The molecule has 0 bridgehead atoms. The minimum absolute atomic E-state index is 0.362. The van der Waals surface area contributed by atoms with Crippen molar-refractivity contribution >= 4 is 5.96 Å². The molecule has 1 atom stereocenters. The Morgan fingerprint density at radius 3 is 2.58 bits per heavy atom. The van der Waals surface area contributed by atoms with Gasteiger partial charge >= 0.3 is 0 Å². The van der Waals surface area contributed by atoms with Crippen LogP contribution in [0.25, 0.3) is 0 Å². The molecule has 0 aliphatic carbocycles. The number of rotatable bonds is 9. The van der Waals surface area contributed by atoms with Gasteiger partial charge in [0.25, 0.3) is 0 Å². The summed E-state index contributed by atoms with van der Waals surface area (Å²) in [6, 6.07) is 16.9. The summed E-state index contributed by atoms with van der Waals surface area (Å²) in [5.41, 5.74) is 2.41. The molecule has 0 aliphatic rings. The van der Waals surface area contributed by atoms with Crippen LogP contribution in [0.2, 0.25) is 0 Å². The number of nitrogens with zero attached hydrogens (tertiary/aromatic N) is 3. The van der Waals surface area contributed by atoms with Gasteiger partial charge in [-0.15, -0.1) is 0 Å². The van der Waals surface area contributed by atoms with Crippen molar-refractivity contribution in [1.82, 2.24) is 20.5 Å². The van der Waals surface area contributed by atoms with Crippen LogP contribution in [0.3, 0.4) is 0 Å². The number of aliphatic imine (C=N–C) groups is 1. The highest BCUT2D eigenvalue weighted by Gasteiger charge is 2.09. The quantitative estimate of drug-likeness (QED) is 0.538. The first-order valence-electron chi connectivity index (χ1n) is 9.35. The number of hydrogen-bond donors (Lipinski definition) is 2. The Balaban J connectivity index is 1.80. The maximum Gasteiger partial charge on any atom is 0.191 e. The lowest BCUT2D eigenvalue weighted by molar-refractivity contribution is 0.255. The molecule has 5 heteroatoms. The molecule has 2 rings (SSSR count). The molecule has 0 amide bonds. The average Bonchev–Trinajstić information content (AvgIpc) is 2.67. The van der Waals surface area contributed by atoms with Crippen LogP contribution in [0.5, 0.6) is 0 Å². The summed E-state index contributed by atoms with van der Waals surface area (Å²) in [7, 11) is 2.15. The molecule has 1 aromatic carbocycles. The lowest BCUT2D eigenvalue weighted by Gasteiger charge is -2.24. The first kappa shape index (κ1) is 19.9. The molecular weight excluding hydrogens is 322 g/mol. The number of hydrogen-bond acceptors (Lipinski definition) is 3. The van der Waals surface area contributed by atoms with Gasteiger partial charge in [0.15, 0.2) is 5.96 Å². The monoisotopic (exact) mass is 353 g/mol. The summed E-state index contributed by atoms with van der Waals surface area (Å²) < 4.78 is 0. The summed E-state index contributed by atoms with van der Waals surface area (Å²) in [4.78, 5) is 11.4. The summed E-state index contributed by atoms with van der Waals surface area (Å²) in [5.74, 6) is 0.864. The summed E-state index contributed by atoms with van der Waals surface area (Å²) >= 11 is 0. The van der Waals surface area contributed by atoms with Crippen molar-refractivity contribution in [3.05, 3.63) is 66.0 Å². The lowest BCUT2D eigenvalue weighted by atomic mass is 10.2. The average molecular weight is 354 g/mol. The lowest BCUT2D eigenvalue weighted by Crippen LogP contribution is -2.40. The van der Waals surface area contributed by atoms with Gasteiger partial charge in [-0.3, -0.25) is 14.9 Å². The second-order valence-corrected chi connectivity index (χ2v) is 6.47. The second-order valence-electron chi connectivity index (χ2n) is 6.47. The first-order valence-corrected chi connectivity index (χ1v) is 9.35. The molecule has 0 aliphatic heterocycles. The Labute approximate surface area is 157 Å². The molecule has 0 fully saturated rings. The molecule has 0 saturated heterocycles. The minimum Gasteiger partial charge on any atom is -0.357 e. The Kier molecular flexibility index (Phi) is 8.63. The molecule has 5 nitrogen and oxygen atoms in total. The van der Waals surface area contributed by atoms with Crippen molar-refractivity contribution in [3.63, 3.8) is 0 Å². The van der Waals surface area contributed by atoms with E-state index in [1.54, 1.807) is 0 Å². The third kappa shape index (κ3) is 7.23. The van der Waals surface area contributed by atoms with E-state index in [1.807, 2.05) is 24.4 Å². The van der Waals surface area contributed by atoms with E-state index in [1.165, 1.54) is 5.56 Å². The van der Waals surface area contributed by atoms with E-state index in [4.69, 9.17) is 4.99 Å². The predicted molar refractivity (Wildman–Crippen MR) is 109 cm³/mol. The van der Waals surface area contributed by atoms with Crippen LogP contribution in [-0.2, 0) is 13.0 Å². The minimum atomic E-state index is 0.362. The number of aromatic nitrogens is 1. The van der Waals surface area contributed by atoms with Crippen LogP contribution >= 0.6 is 0 Å². The van der Waals surface area contributed by atoms with Crippen molar-refractivity contribution < 1.29 is 0 Å². The third-order valence-corrected chi connectivity index (χ3v) is 4.28. The fourth-order valence-electron chi connectivity index (χ4n) is 2.59. The predicted octanol–water partition coefficient (Wildman–Crippen LogP) is 2.70. The van der Waals surface area contributed by atoms with Gasteiger partial charge in [0.05, 0.1) is 6.54 Å². The zero-order valence-electron chi connectivity index (χ0n) is 16.2. The van der Waals surface area contributed by atoms with E-state index in [2.05, 4.69) is 71.7 Å². The molecule has 1 aromatic heterocycles. The van der Waals surface area contributed by atoms with E-state index in [0.717, 1.165) is 44.3 Å². The normalized spacial score (nSPS) is 12.8. The molecule has 0 spiro atoms. The van der Waals surface area contributed by atoms with Crippen LogP contribution in [0.1, 0.15) is 25.1 Å². The second kappa shape index (κ2) is 11.3. The van der Waals surface area contributed by atoms with Gasteiger partial charge in [0, 0.05) is 44.0 Å². The van der Waals surface area contributed by atoms with Crippen LogP contribution in [0.4, 0.5) is 0 Å². The summed E-state index contributed by atoms with van der Waals surface area (Å²) in [5, 5.41) is 6.71. The molecule has 2 N–H and O–H groups in total. The third-order valence-electron chi connectivity index (χ3n) is 4.28. The molecule has 2 aromatic rings. The smallest absolute Gasteiger partial charge is 0.191 e. The fraction of sp³-hybridized carbons (Fsp3) is 0.429. The van der Waals surface area contributed by atoms with E-state index in [9.17, 15) is 0 Å². The first-order chi connectivity index (χ1) is 12.7. The summed E-state index contributed by atoms with van der Waals surface area (Å²) in [6.45, 7) is 7.65. The molecule has 0 radical (unpaired) electrons. The van der Waals surface area contributed by atoms with Crippen LogP contribution in [-0.4, -0.2) is 48.6 Å². The van der Waals surface area contributed by atoms with E-state index in [-0.39, 0.29) is 0 Å². The van der Waals surface area contributed by atoms with Gasteiger partial charge in [0.1, 0.15) is 0 Å². The Hall–Kier alpha value is -2.40. The van der Waals surface area contributed by atoms with Gasteiger partial charge in [-0.2, -0.15) is 0 Å². The fourth-order valence-corrected chi connectivity index (χ4v) is 2.59. The van der Waals surface area contributed by atoms with E-state index in [0.29, 0.717) is 6.04 Å².